The van der Waals surface area contributed by atoms with Crippen molar-refractivity contribution in [2.24, 2.45) is 17.6 Å². The Labute approximate surface area is 270 Å². The summed E-state index contributed by atoms with van der Waals surface area (Å²) in [5.41, 5.74) is 4.85. The molecule has 0 spiro atoms. The number of nitrogens with two attached hydrogens (primary N) is 1. The second-order valence-electron chi connectivity index (χ2n) is 13.5. The van der Waals surface area contributed by atoms with Crippen molar-refractivity contribution >= 4 is 11.9 Å². The van der Waals surface area contributed by atoms with E-state index in [1.165, 1.54) is 141 Å². The molecule has 0 rings (SSSR count). The third-order valence-electron chi connectivity index (χ3n) is 7.84. The fourth-order valence-corrected chi connectivity index (χ4v) is 5.19. The van der Waals surface area contributed by atoms with E-state index in [4.69, 9.17) is 15.9 Å². The fraction of sp³-hybridized carbons (Fsp3) is 0.947. The van der Waals surface area contributed by atoms with E-state index in [0.717, 1.165) is 44.1 Å². The number of unbranched alkanes of at least 4 members (excludes halogenated alkanes) is 22. The number of rotatable bonds is 30. The van der Waals surface area contributed by atoms with Crippen LogP contribution in [0.1, 0.15) is 214 Å². The van der Waals surface area contributed by atoms with Gasteiger partial charge >= 0.3 is 11.9 Å². The first-order valence-electron chi connectivity index (χ1n) is 18.8. The number of aliphatic carboxylic acids is 2. The Hall–Kier alpha value is -1.10. The van der Waals surface area contributed by atoms with Crippen molar-refractivity contribution in [1.29, 1.82) is 0 Å². The van der Waals surface area contributed by atoms with Gasteiger partial charge in [0.05, 0.1) is 0 Å². The second-order valence-corrected chi connectivity index (χ2v) is 13.5. The third-order valence-corrected chi connectivity index (χ3v) is 7.84. The number of carboxylic acid groups (broad SMARTS) is 2. The summed E-state index contributed by atoms with van der Waals surface area (Å²) in [6.45, 7) is 11.9. The molecule has 43 heavy (non-hydrogen) atoms. The van der Waals surface area contributed by atoms with Crippen molar-refractivity contribution in [2.45, 2.75) is 214 Å². The van der Waals surface area contributed by atoms with E-state index < -0.39 is 11.9 Å². The van der Waals surface area contributed by atoms with Crippen LogP contribution in [0.5, 0.6) is 0 Å². The Morgan fingerprint density at radius 3 is 0.744 bits per heavy atom. The molecule has 0 fully saturated rings. The van der Waals surface area contributed by atoms with Crippen LogP contribution < -0.4 is 5.73 Å². The Morgan fingerprint density at radius 2 is 0.581 bits per heavy atom. The minimum Gasteiger partial charge on any atom is -0.481 e. The van der Waals surface area contributed by atoms with Gasteiger partial charge in [-0.3, -0.25) is 9.59 Å². The maximum absolute atomic E-state index is 10.3. The molecule has 0 aromatic carbocycles. The molecule has 0 unspecified atom stereocenters. The summed E-state index contributed by atoms with van der Waals surface area (Å²) in [5.74, 6) is 0.424. The molecular weight excluding hydrogens is 534 g/mol. The first-order chi connectivity index (χ1) is 20.7. The summed E-state index contributed by atoms with van der Waals surface area (Å²) in [6.07, 6.45) is 34.6. The van der Waals surface area contributed by atoms with E-state index in [-0.39, 0.29) is 0 Å². The molecule has 0 aliphatic heterocycles. The van der Waals surface area contributed by atoms with Gasteiger partial charge in [0.1, 0.15) is 0 Å². The van der Waals surface area contributed by atoms with Crippen LogP contribution in [-0.2, 0) is 9.59 Å². The summed E-state index contributed by atoms with van der Waals surface area (Å²) in [5, 5.41) is 17.0. The normalized spacial score (nSPS) is 10.8. The van der Waals surface area contributed by atoms with Gasteiger partial charge in [0, 0.05) is 12.8 Å². The highest BCUT2D eigenvalue weighted by molar-refractivity contribution is 5.66. The standard InChI is InChI=1S/2C18H36O2.C2H7N/c2*1-17(2)15-13-11-9-7-5-3-4-6-8-10-12-14-16-18(19)20;1-2-3/h2*17H,3-16H2,1-2H3,(H,19,20);2-3H2,1H3. The van der Waals surface area contributed by atoms with E-state index in [9.17, 15) is 9.59 Å². The lowest BCUT2D eigenvalue weighted by Gasteiger charge is -2.04. The van der Waals surface area contributed by atoms with Crippen LogP contribution in [0.3, 0.4) is 0 Å². The Morgan fingerprint density at radius 1 is 0.419 bits per heavy atom. The van der Waals surface area contributed by atoms with Gasteiger partial charge in [0.25, 0.3) is 0 Å². The fourth-order valence-electron chi connectivity index (χ4n) is 5.19. The molecule has 0 aliphatic rings. The predicted molar refractivity (Wildman–Crippen MR) is 189 cm³/mol. The topological polar surface area (TPSA) is 101 Å². The molecule has 0 radical (unpaired) electrons. The van der Waals surface area contributed by atoms with Crippen molar-refractivity contribution < 1.29 is 19.8 Å². The van der Waals surface area contributed by atoms with Gasteiger partial charge in [0.2, 0.25) is 0 Å². The van der Waals surface area contributed by atoms with Gasteiger partial charge in [0.15, 0.2) is 0 Å². The van der Waals surface area contributed by atoms with Crippen LogP contribution in [0.25, 0.3) is 0 Å². The minimum absolute atomic E-state index is 0.344. The molecule has 0 aliphatic carbocycles. The van der Waals surface area contributed by atoms with Crippen molar-refractivity contribution in [1.82, 2.24) is 0 Å². The molecular formula is C38H79NO4. The van der Waals surface area contributed by atoms with Gasteiger partial charge in [-0.1, -0.05) is 189 Å². The number of carboxylic acids is 2. The molecule has 0 atom stereocenters. The van der Waals surface area contributed by atoms with Crippen molar-refractivity contribution in [3.63, 3.8) is 0 Å². The van der Waals surface area contributed by atoms with Gasteiger partial charge < -0.3 is 15.9 Å². The Kier molecular flexibility index (Phi) is 44.1. The van der Waals surface area contributed by atoms with Crippen LogP contribution in [0, 0.1) is 11.8 Å². The zero-order chi connectivity index (χ0) is 32.8. The molecule has 5 nitrogen and oxygen atoms in total. The lowest BCUT2D eigenvalue weighted by Crippen LogP contribution is -1.93. The van der Waals surface area contributed by atoms with E-state index >= 15 is 0 Å². The first kappa shape index (κ1) is 46.3. The SMILES string of the molecule is CC(C)CCCCCCCCCCCCCCC(=O)O.CC(C)CCCCCCCCCCCCCCC(=O)O.CCN. The van der Waals surface area contributed by atoms with Crippen molar-refractivity contribution in [2.75, 3.05) is 6.54 Å². The summed E-state index contributed by atoms with van der Waals surface area (Å²) in [4.78, 5) is 20.7. The van der Waals surface area contributed by atoms with Crippen LogP contribution in [0.2, 0.25) is 0 Å². The summed E-state index contributed by atoms with van der Waals surface area (Å²) in [6, 6.07) is 0. The third kappa shape index (κ3) is 57.2. The number of hydrogen-bond donors (Lipinski definition) is 3. The summed E-state index contributed by atoms with van der Waals surface area (Å²) in [7, 11) is 0. The van der Waals surface area contributed by atoms with Crippen LogP contribution >= 0.6 is 0 Å². The maximum Gasteiger partial charge on any atom is 0.303 e. The zero-order valence-corrected chi connectivity index (χ0v) is 29.9. The molecule has 0 amide bonds. The van der Waals surface area contributed by atoms with E-state index in [1.807, 2.05) is 6.92 Å². The highest BCUT2D eigenvalue weighted by Gasteiger charge is 1.99. The quantitative estimate of drug-likeness (QED) is 0.0699. The van der Waals surface area contributed by atoms with Crippen molar-refractivity contribution in [3.05, 3.63) is 0 Å². The molecule has 260 valence electrons. The summed E-state index contributed by atoms with van der Waals surface area (Å²) >= 11 is 0. The molecule has 5 heteroatoms. The van der Waals surface area contributed by atoms with Gasteiger partial charge in [-0.05, 0) is 31.2 Å². The molecule has 0 saturated heterocycles. The van der Waals surface area contributed by atoms with Crippen LogP contribution in [0.4, 0.5) is 0 Å². The van der Waals surface area contributed by atoms with Crippen LogP contribution in [-0.4, -0.2) is 28.7 Å². The van der Waals surface area contributed by atoms with Gasteiger partial charge in [-0.2, -0.15) is 0 Å². The lowest BCUT2D eigenvalue weighted by molar-refractivity contribution is -0.138. The number of carbonyl (C=O) groups is 2. The Bertz CT molecular complexity index is 490. The lowest BCUT2D eigenvalue weighted by atomic mass is 10.0. The minimum atomic E-state index is -0.654. The van der Waals surface area contributed by atoms with E-state index in [2.05, 4.69) is 27.7 Å². The molecule has 0 saturated carbocycles. The Balaban J connectivity index is -0.000000681. The summed E-state index contributed by atoms with van der Waals surface area (Å²) < 4.78 is 0. The zero-order valence-electron chi connectivity index (χ0n) is 29.9. The van der Waals surface area contributed by atoms with Gasteiger partial charge in [-0.15, -0.1) is 0 Å². The molecule has 4 N–H and O–H groups in total. The second kappa shape index (κ2) is 40.9. The monoisotopic (exact) mass is 614 g/mol. The smallest absolute Gasteiger partial charge is 0.303 e. The average molecular weight is 614 g/mol. The largest absolute Gasteiger partial charge is 0.481 e. The molecule has 0 bridgehead atoms. The molecule has 0 heterocycles. The highest BCUT2D eigenvalue weighted by atomic mass is 16.4. The van der Waals surface area contributed by atoms with Crippen molar-refractivity contribution in [3.8, 4) is 0 Å². The molecule has 0 aromatic rings. The van der Waals surface area contributed by atoms with E-state index in [1.54, 1.807) is 0 Å². The first-order valence-corrected chi connectivity index (χ1v) is 18.8. The van der Waals surface area contributed by atoms with Crippen LogP contribution in [0.15, 0.2) is 0 Å². The molecule has 0 aromatic heterocycles. The predicted octanol–water partition coefficient (Wildman–Crippen LogP) is 12.3. The highest BCUT2D eigenvalue weighted by Crippen LogP contribution is 2.15. The average Bonchev–Trinajstić information content (AvgIpc) is 2.93. The van der Waals surface area contributed by atoms with E-state index in [0.29, 0.717) is 12.8 Å². The van der Waals surface area contributed by atoms with Gasteiger partial charge in [-0.25, -0.2) is 0 Å². The number of hydrogen-bond acceptors (Lipinski definition) is 3. The maximum atomic E-state index is 10.3.